The third-order valence-electron chi connectivity index (χ3n) is 3.74. The van der Waals surface area contributed by atoms with Gasteiger partial charge in [0.15, 0.2) is 0 Å². The second kappa shape index (κ2) is 3.77. The van der Waals surface area contributed by atoms with Crippen molar-refractivity contribution in [3.8, 4) is 5.95 Å². The lowest BCUT2D eigenvalue weighted by Crippen LogP contribution is -2.43. The first-order valence-corrected chi connectivity index (χ1v) is 5.84. The van der Waals surface area contributed by atoms with E-state index in [4.69, 9.17) is 9.15 Å². The van der Waals surface area contributed by atoms with Crippen molar-refractivity contribution in [2.24, 2.45) is 0 Å². The third kappa shape index (κ3) is 1.61. The Kier molecular flexibility index (Phi) is 2.39. The van der Waals surface area contributed by atoms with E-state index in [0.717, 1.165) is 19.4 Å². The van der Waals surface area contributed by atoms with E-state index in [1.54, 1.807) is 18.4 Å². The molecule has 0 bridgehead atoms. The van der Waals surface area contributed by atoms with Crippen LogP contribution in [0.25, 0.3) is 0 Å². The lowest BCUT2D eigenvalue weighted by atomic mass is 9.95. The highest BCUT2D eigenvalue weighted by Crippen LogP contribution is 2.40. The first kappa shape index (κ1) is 10.1. The molecule has 16 heavy (non-hydrogen) atoms. The standard InChI is InChI=1S/C12H16FNO2/c13-10-7-12(4-2-5-14(12)8-10)9-16-11-3-1-6-15-11/h1,3,6,10H,2,4-5,7-9H2/t10-,12+/m1/s1. The van der Waals surface area contributed by atoms with Crippen molar-refractivity contribution in [3.05, 3.63) is 18.4 Å². The Balaban J connectivity index is 1.68. The Labute approximate surface area is 94.2 Å². The van der Waals surface area contributed by atoms with E-state index < -0.39 is 6.17 Å². The van der Waals surface area contributed by atoms with Crippen molar-refractivity contribution < 1.29 is 13.5 Å². The van der Waals surface area contributed by atoms with E-state index in [1.165, 1.54) is 0 Å². The zero-order valence-electron chi connectivity index (χ0n) is 9.19. The number of furan rings is 1. The number of ether oxygens (including phenoxy) is 1. The fraction of sp³-hybridized carbons (Fsp3) is 0.667. The van der Waals surface area contributed by atoms with Crippen molar-refractivity contribution in [1.29, 1.82) is 0 Å². The van der Waals surface area contributed by atoms with E-state index in [2.05, 4.69) is 4.90 Å². The number of fused-ring (bicyclic) bond motifs is 1. The van der Waals surface area contributed by atoms with Gasteiger partial charge in [0.05, 0.1) is 11.8 Å². The average Bonchev–Trinajstić information content (AvgIpc) is 2.88. The predicted octanol–water partition coefficient (Wildman–Crippen LogP) is 2.23. The minimum Gasteiger partial charge on any atom is -0.463 e. The number of hydrogen-bond donors (Lipinski definition) is 0. The molecular formula is C12H16FNO2. The van der Waals surface area contributed by atoms with E-state index in [-0.39, 0.29) is 5.54 Å². The Morgan fingerprint density at radius 1 is 1.62 bits per heavy atom. The number of alkyl halides is 1. The molecule has 3 nitrogen and oxygen atoms in total. The van der Waals surface area contributed by atoms with Gasteiger partial charge in [0.25, 0.3) is 5.95 Å². The number of rotatable bonds is 3. The zero-order valence-corrected chi connectivity index (χ0v) is 9.19. The molecule has 3 heterocycles. The summed E-state index contributed by atoms with van der Waals surface area (Å²) in [7, 11) is 0. The van der Waals surface area contributed by atoms with Gasteiger partial charge in [-0.25, -0.2) is 4.39 Å². The SMILES string of the molecule is F[C@H]1CN2CCC[C@@]2(COc2ccco2)C1. The number of halogens is 1. The second-order valence-corrected chi connectivity index (χ2v) is 4.80. The predicted molar refractivity (Wildman–Crippen MR) is 57.3 cm³/mol. The Morgan fingerprint density at radius 3 is 3.38 bits per heavy atom. The van der Waals surface area contributed by atoms with E-state index >= 15 is 0 Å². The van der Waals surface area contributed by atoms with Crippen molar-refractivity contribution >= 4 is 0 Å². The molecule has 4 heteroatoms. The summed E-state index contributed by atoms with van der Waals surface area (Å²) >= 11 is 0. The molecule has 0 radical (unpaired) electrons. The van der Waals surface area contributed by atoms with Crippen LogP contribution in [0.2, 0.25) is 0 Å². The minimum absolute atomic E-state index is 0.0772. The molecule has 0 amide bonds. The summed E-state index contributed by atoms with van der Waals surface area (Å²) < 4.78 is 24.2. The maximum Gasteiger partial charge on any atom is 0.284 e. The topological polar surface area (TPSA) is 25.6 Å². The molecule has 0 saturated carbocycles. The summed E-state index contributed by atoms with van der Waals surface area (Å²) in [5.74, 6) is 0.531. The Morgan fingerprint density at radius 2 is 2.56 bits per heavy atom. The summed E-state index contributed by atoms with van der Waals surface area (Å²) in [4.78, 5) is 2.24. The van der Waals surface area contributed by atoms with Gasteiger partial charge in [0.2, 0.25) is 0 Å². The van der Waals surface area contributed by atoms with E-state index in [9.17, 15) is 4.39 Å². The summed E-state index contributed by atoms with van der Waals surface area (Å²) in [6.07, 6.45) is 3.68. The molecule has 0 aromatic carbocycles. The first-order chi connectivity index (χ1) is 7.78. The molecule has 1 aromatic heterocycles. The van der Waals surface area contributed by atoms with Crippen molar-refractivity contribution in [1.82, 2.24) is 4.90 Å². The van der Waals surface area contributed by atoms with Crippen molar-refractivity contribution in [2.75, 3.05) is 19.7 Å². The second-order valence-electron chi connectivity index (χ2n) is 4.80. The van der Waals surface area contributed by atoms with E-state index in [0.29, 0.717) is 25.5 Å². The van der Waals surface area contributed by atoms with Gasteiger partial charge in [0, 0.05) is 19.0 Å². The van der Waals surface area contributed by atoms with Gasteiger partial charge in [-0.05, 0) is 25.5 Å². The van der Waals surface area contributed by atoms with Crippen LogP contribution in [0.5, 0.6) is 5.95 Å². The van der Waals surface area contributed by atoms with Crippen LogP contribution in [0, 0.1) is 0 Å². The third-order valence-corrected chi connectivity index (χ3v) is 3.74. The zero-order chi connectivity index (χ0) is 11.0. The molecule has 2 atom stereocenters. The van der Waals surface area contributed by atoms with Gasteiger partial charge < -0.3 is 9.15 Å². The molecule has 1 aromatic rings. The lowest BCUT2D eigenvalue weighted by molar-refractivity contribution is 0.0964. The van der Waals surface area contributed by atoms with Gasteiger partial charge in [-0.2, -0.15) is 0 Å². The minimum atomic E-state index is -0.694. The summed E-state index contributed by atoms with van der Waals surface area (Å²) in [6.45, 7) is 2.12. The van der Waals surface area contributed by atoms with Crippen LogP contribution in [-0.2, 0) is 0 Å². The molecule has 3 rings (SSSR count). The fourth-order valence-corrected chi connectivity index (χ4v) is 3.00. The van der Waals surface area contributed by atoms with E-state index in [1.807, 2.05) is 0 Å². The normalized spacial score (nSPS) is 34.2. The fourth-order valence-electron chi connectivity index (χ4n) is 3.00. The van der Waals surface area contributed by atoms with Crippen LogP contribution in [0.3, 0.4) is 0 Å². The summed E-state index contributed by atoms with van der Waals surface area (Å²) in [5.41, 5.74) is -0.0772. The van der Waals surface area contributed by atoms with Gasteiger partial charge in [-0.15, -0.1) is 0 Å². The first-order valence-electron chi connectivity index (χ1n) is 5.84. The Hall–Kier alpha value is -1.03. The van der Waals surface area contributed by atoms with Crippen LogP contribution in [0.1, 0.15) is 19.3 Å². The lowest BCUT2D eigenvalue weighted by Gasteiger charge is -2.30. The number of hydrogen-bond acceptors (Lipinski definition) is 3. The monoisotopic (exact) mass is 225 g/mol. The van der Waals surface area contributed by atoms with Gasteiger partial charge in [-0.3, -0.25) is 4.90 Å². The molecule has 2 aliphatic rings. The molecule has 0 unspecified atom stereocenters. The van der Waals surface area contributed by atoms with Gasteiger partial charge in [0.1, 0.15) is 12.8 Å². The molecule has 2 saturated heterocycles. The highest BCUT2D eigenvalue weighted by atomic mass is 19.1. The maximum atomic E-state index is 13.4. The highest BCUT2D eigenvalue weighted by molar-refractivity contribution is 5.08. The summed E-state index contributed by atoms with van der Waals surface area (Å²) in [6, 6.07) is 3.59. The molecular weight excluding hydrogens is 209 g/mol. The summed E-state index contributed by atoms with van der Waals surface area (Å²) in [5, 5.41) is 0. The Bertz CT molecular complexity index is 354. The van der Waals surface area contributed by atoms with Crippen LogP contribution in [0.4, 0.5) is 4.39 Å². The number of nitrogens with zero attached hydrogens (tertiary/aromatic N) is 1. The highest BCUT2D eigenvalue weighted by Gasteiger charge is 2.49. The van der Waals surface area contributed by atoms with Crippen LogP contribution in [0.15, 0.2) is 22.8 Å². The van der Waals surface area contributed by atoms with Gasteiger partial charge >= 0.3 is 0 Å². The van der Waals surface area contributed by atoms with Crippen molar-refractivity contribution in [2.45, 2.75) is 31.0 Å². The van der Waals surface area contributed by atoms with Crippen LogP contribution < -0.4 is 4.74 Å². The van der Waals surface area contributed by atoms with Crippen molar-refractivity contribution in [3.63, 3.8) is 0 Å². The van der Waals surface area contributed by atoms with Gasteiger partial charge in [-0.1, -0.05) is 0 Å². The van der Waals surface area contributed by atoms with Crippen LogP contribution >= 0.6 is 0 Å². The molecule has 0 N–H and O–H groups in total. The molecule has 0 aliphatic carbocycles. The largest absolute Gasteiger partial charge is 0.463 e. The molecule has 2 fully saturated rings. The molecule has 88 valence electrons. The quantitative estimate of drug-likeness (QED) is 0.789. The molecule has 2 aliphatic heterocycles. The van der Waals surface area contributed by atoms with Crippen LogP contribution in [-0.4, -0.2) is 36.3 Å². The maximum absolute atomic E-state index is 13.4. The molecule has 0 spiro atoms. The average molecular weight is 225 g/mol. The smallest absolute Gasteiger partial charge is 0.284 e.